The van der Waals surface area contributed by atoms with Crippen LogP contribution in [-0.2, 0) is 4.79 Å². The fraction of sp³-hybridized carbons (Fsp3) is 0.923. The molecule has 1 saturated carbocycles. The standard InChI is InChI=1S/C13H27N3O/c1-3-15-13(17)8-9-16(4-2)12-7-5-6-11(12)10-14/h11-12H,3-10,14H2,1-2H3,(H,15,17). The van der Waals surface area contributed by atoms with Crippen LogP contribution in [-0.4, -0.2) is 43.0 Å². The van der Waals surface area contributed by atoms with Crippen LogP contribution in [0, 0.1) is 5.92 Å². The van der Waals surface area contributed by atoms with Crippen molar-refractivity contribution in [3.63, 3.8) is 0 Å². The summed E-state index contributed by atoms with van der Waals surface area (Å²) in [5.41, 5.74) is 5.81. The lowest BCUT2D eigenvalue weighted by Crippen LogP contribution is -2.42. The van der Waals surface area contributed by atoms with E-state index in [2.05, 4.69) is 17.1 Å². The van der Waals surface area contributed by atoms with E-state index in [4.69, 9.17) is 5.73 Å². The third-order valence-electron chi connectivity index (χ3n) is 3.80. The maximum Gasteiger partial charge on any atom is 0.221 e. The smallest absolute Gasteiger partial charge is 0.221 e. The van der Waals surface area contributed by atoms with Crippen molar-refractivity contribution in [2.24, 2.45) is 11.7 Å². The van der Waals surface area contributed by atoms with Crippen LogP contribution in [0.25, 0.3) is 0 Å². The summed E-state index contributed by atoms with van der Waals surface area (Å²) in [5, 5.41) is 2.85. The second kappa shape index (κ2) is 7.67. The summed E-state index contributed by atoms with van der Waals surface area (Å²) >= 11 is 0. The van der Waals surface area contributed by atoms with Crippen molar-refractivity contribution >= 4 is 5.91 Å². The molecule has 0 radical (unpaired) electrons. The zero-order valence-corrected chi connectivity index (χ0v) is 11.2. The molecule has 100 valence electrons. The Morgan fingerprint density at radius 2 is 2.18 bits per heavy atom. The number of nitrogens with two attached hydrogens (primary N) is 1. The van der Waals surface area contributed by atoms with E-state index >= 15 is 0 Å². The molecular formula is C13H27N3O. The number of nitrogens with zero attached hydrogens (tertiary/aromatic N) is 1. The van der Waals surface area contributed by atoms with Gasteiger partial charge in [-0.25, -0.2) is 0 Å². The quantitative estimate of drug-likeness (QED) is 0.698. The van der Waals surface area contributed by atoms with Gasteiger partial charge in [0.25, 0.3) is 0 Å². The van der Waals surface area contributed by atoms with Gasteiger partial charge in [-0.15, -0.1) is 0 Å². The first kappa shape index (κ1) is 14.5. The van der Waals surface area contributed by atoms with E-state index in [0.717, 1.165) is 26.2 Å². The lowest BCUT2D eigenvalue weighted by Gasteiger charge is -2.31. The molecule has 1 amide bonds. The molecule has 0 heterocycles. The van der Waals surface area contributed by atoms with E-state index < -0.39 is 0 Å². The van der Waals surface area contributed by atoms with Gasteiger partial charge in [-0.3, -0.25) is 9.69 Å². The van der Waals surface area contributed by atoms with E-state index in [1.807, 2.05) is 6.92 Å². The third kappa shape index (κ3) is 4.28. The van der Waals surface area contributed by atoms with Crippen LogP contribution in [0.4, 0.5) is 0 Å². The maximum absolute atomic E-state index is 11.5. The van der Waals surface area contributed by atoms with Crippen molar-refractivity contribution in [2.45, 2.75) is 45.6 Å². The molecule has 0 saturated heterocycles. The highest BCUT2D eigenvalue weighted by atomic mass is 16.1. The molecule has 1 aliphatic rings. The van der Waals surface area contributed by atoms with Crippen molar-refractivity contribution in [1.29, 1.82) is 0 Å². The maximum atomic E-state index is 11.5. The molecule has 1 aliphatic carbocycles. The molecule has 0 bridgehead atoms. The number of carbonyl (C=O) groups excluding carboxylic acids is 1. The molecule has 4 nitrogen and oxygen atoms in total. The molecule has 3 N–H and O–H groups in total. The monoisotopic (exact) mass is 241 g/mol. The Hall–Kier alpha value is -0.610. The molecule has 0 aromatic carbocycles. The van der Waals surface area contributed by atoms with Crippen LogP contribution in [0.5, 0.6) is 0 Å². The Kier molecular flexibility index (Phi) is 6.52. The number of hydrogen-bond donors (Lipinski definition) is 2. The largest absolute Gasteiger partial charge is 0.356 e. The SMILES string of the molecule is CCNC(=O)CCN(CC)C1CCCC1CN. The highest BCUT2D eigenvalue weighted by molar-refractivity contribution is 5.75. The van der Waals surface area contributed by atoms with Crippen molar-refractivity contribution in [3.8, 4) is 0 Å². The average Bonchev–Trinajstić information content (AvgIpc) is 2.78. The molecule has 2 atom stereocenters. The molecule has 0 spiro atoms. The number of carbonyl (C=O) groups is 1. The molecule has 0 aliphatic heterocycles. The molecule has 1 fully saturated rings. The molecule has 0 aromatic rings. The van der Waals surface area contributed by atoms with Gasteiger partial charge in [0.2, 0.25) is 5.91 Å². The van der Waals surface area contributed by atoms with Gasteiger partial charge in [0.1, 0.15) is 0 Å². The lowest BCUT2D eigenvalue weighted by molar-refractivity contribution is -0.121. The van der Waals surface area contributed by atoms with Crippen LogP contribution < -0.4 is 11.1 Å². The van der Waals surface area contributed by atoms with E-state index in [1.165, 1.54) is 19.3 Å². The summed E-state index contributed by atoms with van der Waals surface area (Å²) in [4.78, 5) is 13.9. The van der Waals surface area contributed by atoms with Gasteiger partial charge >= 0.3 is 0 Å². The molecule has 4 heteroatoms. The van der Waals surface area contributed by atoms with E-state index in [0.29, 0.717) is 18.4 Å². The summed E-state index contributed by atoms with van der Waals surface area (Å²) in [6.07, 6.45) is 4.38. The highest BCUT2D eigenvalue weighted by Crippen LogP contribution is 2.29. The average molecular weight is 241 g/mol. The summed E-state index contributed by atoms with van der Waals surface area (Å²) in [6.45, 7) is 7.51. The summed E-state index contributed by atoms with van der Waals surface area (Å²) in [6, 6.07) is 0.597. The van der Waals surface area contributed by atoms with Gasteiger partial charge in [0.05, 0.1) is 0 Å². The van der Waals surface area contributed by atoms with Gasteiger partial charge < -0.3 is 11.1 Å². The van der Waals surface area contributed by atoms with E-state index in [9.17, 15) is 4.79 Å². The first-order chi connectivity index (χ1) is 8.22. The third-order valence-corrected chi connectivity index (χ3v) is 3.80. The van der Waals surface area contributed by atoms with Gasteiger partial charge in [-0.1, -0.05) is 13.3 Å². The molecular weight excluding hydrogens is 214 g/mol. The van der Waals surface area contributed by atoms with Crippen LogP contribution in [0.15, 0.2) is 0 Å². The van der Waals surface area contributed by atoms with Gasteiger partial charge in [0, 0.05) is 25.6 Å². The highest BCUT2D eigenvalue weighted by Gasteiger charge is 2.30. The van der Waals surface area contributed by atoms with Crippen LogP contribution in [0.2, 0.25) is 0 Å². The zero-order chi connectivity index (χ0) is 12.7. The second-order valence-corrected chi connectivity index (χ2v) is 4.83. The topological polar surface area (TPSA) is 58.4 Å². The minimum absolute atomic E-state index is 0.160. The number of nitrogens with one attached hydrogen (secondary N) is 1. The van der Waals surface area contributed by atoms with Gasteiger partial charge in [0.15, 0.2) is 0 Å². The normalized spacial score (nSPS) is 24.2. The molecule has 0 aromatic heterocycles. The minimum atomic E-state index is 0.160. The minimum Gasteiger partial charge on any atom is -0.356 e. The van der Waals surface area contributed by atoms with E-state index in [-0.39, 0.29) is 5.91 Å². The summed E-state index contributed by atoms with van der Waals surface area (Å²) < 4.78 is 0. The van der Waals surface area contributed by atoms with Gasteiger partial charge in [-0.05, 0) is 38.8 Å². The Bertz CT molecular complexity index is 233. The number of hydrogen-bond acceptors (Lipinski definition) is 3. The zero-order valence-electron chi connectivity index (χ0n) is 11.2. The summed E-state index contributed by atoms with van der Waals surface area (Å²) in [7, 11) is 0. The lowest BCUT2D eigenvalue weighted by atomic mass is 10.0. The number of amides is 1. The Morgan fingerprint density at radius 3 is 2.76 bits per heavy atom. The van der Waals surface area contributed by atoms with Crippen LogP contribution in [0.3, 0.4) is 0 Å². The number of rotatable bonds is 7. The first-order valence-electron chi connectivity index (χ1n) is 6.93. The van der Waals surface area contributed by atoms with Crippen LogP contribution >= 0.6 is 0 Å². The van der Waals surface area contributed by atoms with Crippen molar-refractivity contribution in [1.82, 2.24) is 10.2 Å². The van der Waals surface area contributed by atoms with E-state index in [1.54, 1.807) is 0 Å². The Labute approximate surface area is 105 Å². The van der Waals surface area contributed by atoms with Crippen LogP contribution in [0.1, 0.15) is 39.5 Å². The molecule has 2 unspecified atom stereocenters. The Balaban J connectivity index is 2.39. The summed E-state index contributed by atoms with van der Waals surface area (Å²) in [5.74, 6) is 0.789. The fourth-order valence-corrected chi connectivity index (χ4v) is 2.86. The second-order valence-electron chi connectivity index (χ2n) is 4.83. The molecule has 1 rings (SSSR count). The predicted octanol–water partition coefficient (Wildman–Crippen LogP) is 0.962. The fourth-order valence-electron chi connectivity index (χ4n) is 2.86. The molecule has 17 heavy (non-hydrogen) atoms. The predicted molar refractivity (Wildman–Crippen MR) is 70.7 cm³/mol. The van der Waals surface area contributed by atoms with Crippen molar-refractivity contribution < 1.29 is 4.79 Å². The van der Waals surface area contributed by atoms with Gasteiger partial charge in [-0.2, -0.15) is 0 Å². The van der Waals surface area contributed by atoms with Crippen molar-refractivity contribution in [3.05, 3.63) is 0 Å². The van der Waals surface area contributed by atoms with Crippen molar-refractivity contribution in [2.75, 3.05) is 26.2 Å². The first-order valence-corrected chi connectivity index (χ1v) is 6.93. The Morgan fingerprint density at radius 1 is 1.41 bits per heavy atom.